The summed E-state index contributed by atoms with van der Waals surface area (Å²) in [6.45, 7) is 1.33. The fourth-order valence-electron chi connectivity index (χ4n) is 2.69. The maximum atomic E-state index is 12.4. The Bertz CT molecular complexity index is 1050. The predicted octanol–water partition coefficient (Wildman–Crippen LogP) is 3.79. The highest BCUT2D eigenvalue weighted by atomic mass is 16.6. The van der Waals surface area contributed by atoms with E-state index in [4.69, 9.17) is 18.6 Å². The molecule has 0 aliphatic heterocycles. The molecule has 9 heteroatoms. The zero-order valence-electron chi connectivity index (χ0n) is 15.7. The Morgan fingerprint density at radius 1 is 1.14 bits per heavy atom. The van der Waals surface area contributed by atoms with E-state index in [9.17, 15) is 19.7 Å². The number of carbonyl (C=O) groups excluding carboxylic acids is 2. The van der Waals surface area contributed by atoms with E-state index in [1.54, 1.807) is 31.2 Å². The molecule has 0 saturated carbocycles. The predicted molar refractivity (Wildman–Crippen MR) is 102 cm³/mol. The smallest absolute Gasteiger partial charge is 0.345 e. The minimum Gasteiger partial charge on any atom is -0.493 e. The van der Waals surface area contributed by atoms with Gasteiger partial charge < -0.3 is 18.6 Å². The minimum atomic E-state index is -1.04. The van der Waals surface area contributed by atoms with Gasteiger partial charge in [-0.1, -0.05) is 18.2 Å². The molecule has 3 rings (SSSR count). The van der Waals surface area contributed by atoms with Crippen LogP contribution in [0.1, 0.15) is 27.8 Å². The van der Waals surface area contributed by atoms with Gasteiger partial charge >= 0.3 is 5.97 Å². The van der Waals surface area contributed by atoms with E-state index in [-0.39, 0.29) is 29.4 Å². The number of Topliss-reactive ketones (excluding diaryl/α,β-unsaturated/α-hetero) is 1. The molecule has 29 heavy (non-hydrogen) atoms. The average molecular weight is 399 g/mol. The van der Waals surface area contributed by atoms with Crippen LogP contribution in [0, 0.1) is 10.1 Å². The number of ether oxygens (including phenoxy) is 3. The quantitative estimate of drug-likeness (QED) is 0.243. The molecule has 9 nitrogen and oxygen atoms in total. The molecule has 0 aliphatic rings. The second-order valence-corrected chi connectivity index (χ2v) is 5.86. The highest BCUT2D eigenvalue weighted by molar-refractivity contribution is 6.01. The maximum absolute atomic E-state index is 12.4. The summed E-state index contributed by atoms with van der Waals surface area (Å²) in [6, 6.07) is 10.8. The van der Waals surface area contributed by atoms with Crippen LogP contribution >= 0.6 is 0 Å². The van der Waals surface area contributed by atoms with Crippen molar-refractivity contribution in [2.24, 2.45) is 0 Å². The molecule has 0 radical (unpaired) electrons. The van der Waals surface area contributed by atoms with Gasteiger partial charge in [0.15, 0.2) is 23.9 Å². The van der Waals surface area contributed by atoms with Gasteiger partial charge in [-0.2, -0.15) is 0 Å². The molecule has 0 atom stereocenters. The van der Waals surface area contributed by atoms with Gasteiger partial charge in [0.25, 0.3) is 5.69 Å². The Morgan fingerprint density at radius 2 is 1.90 bits per heavy atom. The van der Waals surface area contributed by atoms with Gasteiger partial charge in [0, 0.05) is 11.5 Å². The first-order valence-corrected chi connectivity index (χ1v) is 8.62. The number of benzene rings is 2. The molecular formula is C20H17NO8. The van der Waals surface area contributed by atoms with Crippen molar-refractivity contribution in [3.05, 3.63) is 63.9 Å². The summed E-state index contributed by atoms with van der Waals surface area (Å²) in [5.74, 6) is -1.33. The first kappa shape index (κ1) is 19.9. The van der Waals surface area contributed by atoms with Gasteiger partial charge in [-0.15, -0.1) is 0 Å². The molecule has 0 saturated heterocycles. The van der Waals surface area contributed by atoms with Gasteiger partial charge in [0.2, 0.25) is 5.78 Å². The second-order valence-electron chi connectivity index (χ2n) is 5.86. The van der Waals surface area contributed by atoms with E-state index >= 15 is 0 Å². The number of nitro groups is 1. The first-order chi connectivity index (χ1) is 13.9. The van der Waals surface area contributed by atoms with Crippen LogP contribution in [0.2, 0.25) is 0 Å². The van der Waals surface area contributed by atoms with Crippen LogP contribution in [0.5, 0.6) is 11.5 Å². The highest BCUT2D eigenvalue weighted by Gasteiger charge is 2.27. The van der Waals surface area contributed by atoms with Crippen LogP contribution in [-0.2, 0) is 4.74 Å². The number of nitrogens with zero attached hydrogens (tertiary/aromatic N) is 1. The summed E-state index contributed by atoms with van der Waals surface area (Å²) >= 11 is 0. The molecule has 0 bridgehead atoms. The normalized spacial score (nSPS) is 10.6. The van der Waals surface area contributed by atoms with Gasteiger partial charge in [-0.05, 0) is 19.1 Å². The number of furan rings is 1. The molecule has 0 fully saturated rings. The Morgan fingerprint density at radius 3 is 2.55 bits per heavy atom. The van der Waals surface area contributed by atoms with E-state index in [0.717, 1.165) is 17.5 Å². The lowest BCUT2D eigenvalue weighted by molar-refractivity contribution is -0.385. The van der Waals surface area contributed by atoms with Gasteiger partial charge in [-0.3, -0.25) is 14.9 Å². The molecule has 0 spiro atoms. The number of ketones is 1. The number of carbonyl (C=O) groups is 2. The van der Waals surface area contributed by atoms with Crippen molar-refractivity contribution in [2.45, 2.75) is 6.92 Å². The van der Waals surface area contributed by atoms with E-state index in [0.29, 0.717) is 5.58 Å². The number of methoxy groups -OCH3 is 1. The van der Waals surface area contributed by atoms with Crippen LogP contribution in [0.3, 0.4) is 0 Å². The molecule has 0 aliphatic carbocycles. The molecule has 150 valence electrons. The van der Waals surface area contributed by atoms with Gasteiger partial charge in [-0.25, -0.2) is 4.79 Å². The lowest BCUT2D eigenvalue weighted by atomic mass is 10.1. The third-order valence-corrected chi connectivity index (χ3v) is 4.03. The zero-order chi connectivity index (χ0) is 21.0. The summed E-state index contributed by atoms with van der Waals surface area (Å²) in [4.78, 5) is 35.3. The molecular weight excluding hydrogens is 382 g/mol. The standard InChI is InChI=1S/C20H17NO8/c1-3-27-19-10-14(21(24)25)13(9-18(19)26-2)20(23)28-11-15(22)17-8-12-6-4-5-7-16(12)29-17/h4-10H,3,11H2,1-2H3. The molecule has 3 aromatic rings. The largest absolute Gasteiger partial charge is 0.493 e. The van der Waals surface area contributed by atoms with E-state index in [1.807, 2.05) is 0 Å². The summed E-state index contributed by atoms with van der Waals surface area (Å²) in [7, 11) is 1.34. The molecule has 1 aromatic heterocycles. The molecule has 2 aromatic carbocycles. The highest BCUT2D eigenvalue weighted by Crippen LogP contribution is 2.35. The van der Waals surface area contributed by atoms with Crippen LogP contribution in [-0.4, -0.2) is 37.0 Å². The van der Waals surface area contributed by atoms with E-state index in [1.165, 1.54) is 13.2 Å². The van der Waals surface area contributed by atoms with Gasteiger partial charge in [0.1, 0.15) is 11.1 Å². The summed E-state index contributed by atoms with van der Waals surface area (Å²) in [5.41, 5.74) is -0.350. The van der Waals surface area contributed by atoms with Crippen molar-refractivity contribution in [1.29, 1.82) is 0 Å². The lowest BCUT2D eigenvalue weighted by Crippen LogP contribution is -2.15. The van der Waals surface area contributed by atoms with E-state index < -0.39 is 29.0 Å². The number of para-hydroxylation sites is 1. The van der Waals surface area contributed by atoms with Crippen LogP contribution < -0.4 is 9.47 Å². The zero-order valence-corrected chi connectivity index (χ0v) is 15.7. The first-order valence-electron chi connectivity index (χ1n) is 8.62. The fourth-order valence-corrected chi connectivity index (χ4v) is 2.69. The van der Waals surface area contributed by atoms with Crippen LogP contribution in [0.25, 0.3) is 11.0 Å². The van der Waals surface area contributed by atoms with Crippen molar-refractivity contribution in [3.8, 4) is 11.5 Å². The molecule has 0 unspecified atom stereocenters. The number of esters is 1. The Kier molecular flexibility index (Phi) is 5.77. The maximum Gasteiger partial charge on any atom is 0.345 e. The third-order valence-electron chi connectivity index (χ3n) is 4.03. The Balaban J connectivity index is 1.80. The molecule has 1 heterocycles. The van der Waals surface area contributed by atoms with Crippen molar-refractivity contribution < 1.29 is 33.1 Å². The Hall–Kier alpha value is -3.88. The van der Waals surface area contributed by atoms with Crippen LogP contribution in [0.15, 0.2) is 46.9 Å². The number of rotatable bonds is 8. The Labute approximate surface area is 164 Å². The van der Waals surface area contributed by atoms with Crippen LogP contribution in [0.4, 0.5) is 5.69 Å². The fraction of sp³-hybridized carbons (Fsp3) is 0.200. The molecule has 0 amide bonds. The van der Waals surface area contributed by atoms with Gasteiger partial charge in [0.05, 0.1) is 24.7 Å². The number of fused-ring (bicyclic) bond motifs is 1. The van der Waals surface area contributed by atoms with Crippen molar-refractivity contribution in [2.75, 3.05) is 20.3 Å². The summed E-state index contributed by atoms with van der Waals surface area (Å²) in [6.07, 6.45) is 0. The number of hydrogen-bond acceptors (Lipinski definition) is 8. The number of nitro benzene ring substituents is 1. The molecule has 0 N–H and O–H groups in total. The summed E-state index contributed by atoms with van der Waals surface area (Å²) < 4.78 is 20.8. The lowest BCUT2D eigenvalue weighted by Gasteiger charge is -2.11. The second kappa shape index (κ2) is 8.42. The summed E-state index contributed by atoms with van der Waals surface area (Å²) in [5, 5.41) is 12.1. The third kappa shape index (κ3) is 4.18. The van der Waals surface area contributed by atoms with Crippen molar-refractivity contribution in [3.63, 3.8) is 0 Å². The average Bonchev–Trinajstić information content (AvgIpc) is 3.16. The van der Waals surface area contributed by atoms with E-state index in [2.05, 4.69) is 0 Å². The number of hydrogen-bond donors (Lipinski definition) is 0. The topological polar surface area (TPSA) is 118 Å². The van der Waals surface area contributed by atoms with Crippen molar-refractivity contribution in [1.82, 2.24) is 0 Å². The van der Waals surface area contributed by atoms with Crippen molar-refractivity contribution >= 4 is 28.4 Å². The minimum absolute atomic E-state index is 0.0257. The monoisotopic (exact) mass is 399 g/mol. The SMILES string of the molecule is CCOc1cc([N+](=O)[O-])c(C(=O)OCC(=O)c2cc3ccccc3o2)cc1OC.